The number of hydrogen-bond acceptors (Lipinski definition) is 3. The molecule has 0 bridgehead atoms. The fourth-order valence-electron chi connectivity index (χ4n) is 2.82. The molecule has 3 rings (SSSR count). The quantitative estimate of drug-likeness (QED) is 0.844. The van der Waals surface area contributed by atoms with Gasteiger partial charge in [0.1, 0.15) is 0 Å². The SMILES string of the molecule is NC(=O)N1CC(NC(=O)C2CC(=O)N(c3ccc(Cl)cc3)C2)C1. The van der Waals surface area contributed by atoms with Crippen molar-refractivity contribution in [2.24, 2.45) is 11.7 Å². The number of carbonyl (C=O) groups is 3. The second-order valence-electron chi connectivity index (χ2n) is 5.83. The van der Waals surface area contributed by atoms with Crippen molar-refractivity contribution < 1.29 is 14.4 Å². The van der Waals surface area contributed by atoms with Gasteiger partial charge in [0, 0.05) is 36.8 Å². The van der Waals surface area contributed by atoms with E-state index in [1.165, 1.54) is 4.90 Å². The first-order valence-corrected chi connectivity index (χ1v) is 7.72. The van der Waals surface area contributed by atoms with Gasteiger partial charge in [-0.05, 0) is 24.3 Å². The lowest BCUT2D eigenvalue weighted by Crippen LogP contribution is -2.62. The molecular weight excluding hydrogens is 320 g/mol. The van der Waals surface area contributed by atoms with Crippen LogP contribution in [-0.2, 0) is 9.59 Å². The second-order valence-corrected chi connectivity index (χ2v) is 6.27. The summed E-state index contributed by atoms with van der Waals surface area (Å²) >= 11 is 5.84. The molecule has 7 nitrogen and oxygen atoms in total. The molecule has 2 aliphatic heterocycles. The molecule has 23 heavy (non-hydrogen) atoms. The molecule has 1 aromatic rings. The van der Waals surface area contributed by atoms with Crippen molar-refractivity contribution in [3.05, 3.63) is 29.3 Å². The van der Waals surface area contributed by atoms with Gasteiger partial charge in [0.15, 0.2) is 0 Å². The molecule has 1 aromatic carbocycles. The summed E-state index contributed by atoms with van der Waals surface area (Å²) in [4.78, 5) is 38.3. The van der Waals surface area contributed by atoms with E-state index in [0.29, 0.717) is 24.7 Å². The highest BCUT2D eigenvalue weighted by molar-refractivity contribution is 6.30. The number of primary amides is 1. The highest BCUT2D eigenvalue weighted by atomic mass is 35.5. The average Bonchev–Trinajstić information content (AvgIpc) is 2.84. The van der Waals surface area contributed by atoms with Crippen LogP contribution >= 0.6 is 11.6 Å². The third kappa shape index (κ3) is 3.24. The van der Waals surface area contributed by atoms with Crippen molar-refractivity contribution in [2.45, 2.75) is 12.5 Å². The zero-order valence-electron chi connectivity index (χ0n) is 12.4. The van der Waals surface area contributed by atoms with Crippen LogP contribution in [0.15, 0.2) is 24.3 Å². The van der Waals surface area contributed by atoms with Crippen LogP contribution in [0.2, 0.25) is 5.02 Å². The Balaban J connectivity index is 1.56. The van der Waals surface area contributed by atoms with Crippen molar-refractivity contribution >= 4 is 35.1 Å². The number of benzene rings is 1. The van der Waals surface area contributed by atoms with Gasteiger partial charge in [0.05, 0.1) is 12.0 Å². The van der Waals surface area contributed by atoms with Crippen LogP contribution in [0.4, 0.5) is 10.5 Å². The molecule has 1 unspecified atom stereocenters. The third-order valence-corrected chi connectivity index (χ3v) is 4.43. The Morgan fingerprint density at radius 2 is 1.83 bits per heavy atom. The van der Waals surface area contributed by atoms with Gasteiger partial charge in [-0.2, -0.15) is 0 Å². The second kappa shape index (κ2) is 6.08. The van der Waals surface area contributed by atoms with Crippen LogP contribution in [-0.4, -0.2) is 48.4 Å². The van der Waals surface area contributed by atoms with E-state index in [1.807, 2.05) is 0 Å². The largest absolute Gasteiger partial charge is 0.351 e. The molecule has 2 fully saturated rings. The number of nitrogens with one attached hydrogen (secondary N) is 1. The molecule has 3 N–H and O–H groups in total. The predicted molar refractivity (Wildman–Crippen MR) is 85.0 cm³/mol. The Kier molecular flexibility index (Phi) is 4.12. The fourth-order valence-corrected chi connectivity index (χ4v) is 2.95. The highest BCUT2D eigenvalue weighted by Gasteiger charge is 2.38. The summed E-state index contributed by atoms with van der Waals surface area (Å²) < 4.78 is 0. The molecule has 0 saturated carbocycles. The van der Waals surface area contributed by atoms with E-state index < -0.39 is 6.03 Å². The summed E-state index contributed by atoms with van der Waals surface area (Å²) in [7, 11) is 0. The van der Waals surface area contributed by atoms with Gasteiger partial charge < -0.3 is 20.9 Å². The minimum atomic E-state index is -0.486. The van der Waals surface area contributed by atoms with Crippen LogP contribution in [0.1, 0.15) is 6.42 Å². The minimum Gasteiger partial charge on any atom is -0.351 e. The predicted octanol–water partition coefficient (Wildman–Crippen LogP) is 0.572. The maximum atomic E-state index is 12.3. The van der Waals surface area contributed by atoms with Crippen molar-refractivity contribution in [3.8, 4) is 0 Å². The normalized spacial score (nSPS) is 21.3. The number of carbonyl (C=O) groups excluding carboxylic acids is 3. The van der Waals surface area contributed by atoms with Crippen molar-refractivity contribution in [1.82, 2.24) is 10.2 Å². The van der Waals surface area contributed by atoms with Crippen LogP contribution in [0.3, 0.4) is 0 Å². The first kappa shape index (κ1) is 15.6. The molecule has 0 spiro atoms. The summed E-state index contributed by atoms with van der Waals surface area (Å²) in [6, 6.07) is 6.37. The Morgan fingerprint density at radius 1 is 1.17 bits per heavy atom. The van der Waals surface area contributed by atoms with Gasteiger partial charge in [-0.1, -0.05) is 11.6 Å². The molecule has 1 atom stereocenters. The number of rotatable bonds is 3. The number of anilines is 1. The molecule has 122 valence electrons. The molecule has 2 saturated heterocycles. The number of hydrogen-bond donors (Lipinski definition) is 2. The monoisotopic (exact) mass is 336 g/mol. The van der Waals surface area contributed by atoms with Gasteiger partial charge in [0.25, 0.3) is 0 Å². The van der Waals surface area contributed by atoms with Gasteiger partial charge in [-0.15, -0.1) is 0 Å². The maximum Gasteiger partial charge on any atom is 0.314 e. The molecule has 4 amide bonds. The fraction of sp³-hybridized carbons (Fsp3) is 0.400. The van der Waals surface area contributed by atoms with Crippen LogP contribution in [0.25, 0.3) is 0 Å². The lowest BCUT2D eigenvalue weighted by molar-refractivity contribution is -0.127. The van der Waals surface area contributed by atoms with Crippen molar-refractivity contribution in [2.75, 3.05) is 24.5 Å². The van der Waals surface area contributed by atoms with E-state index in [1.54, 1.807) is 29.2 Å². The van der Waals surface area contributed by atoms with Crippen LogP contribution in [0, 0.1) is 5.92 Å². The summed E-state index contributed by atoms with van der Waals surface area (Å²) in [5.74, 6) is -0.635. The van der Waals surface area contributed by atoms with E-state index in [2.05, 4.69) is 5.32 Å². The van der Waals surface area contributed by atoms with Gasteiger partial charge in [0.2, 0.25) is 11.8 Å². The number of halogens is 1. The lowest BCUT2D eigenvalue weighted by Gasteiger charge is -2.38. The topological polar surface area (TPSA) is 95.7 Å². The molecule has 2 heterocycles. The lowest BCUT2D eigenvalue weighted by atomic mass is 10.1. The molecule has 0 aromatic heterocycles. The Labute approximate surface area is 138 Å². The zero-order valence-corrected chi connectivity index (χ0v) is 13.1. The van der Waals surface area contributed by atoms with Gasteiger partial charge in [-0.25, -0.2) is 4.79 Å². The molecule has 2 aliphatic rings. The van der Waals surface area contributed by atoms with E-state index in [0.717, 1.165) is 5.69 Å². The molecule has 8 heteroatoms. The molecule has 0 aliphatic carbocycles. The Morgan fingerprint density at radius 3 is 2.43 bits per heavy atom. The average molecular weight is 337 g/mol. The van der Waals surface area contributed by atoms with E-state index >= 15 is 0 Å². The standard InChI is InChI=1S/C15H17ClN4O3/c16-10-1-3-12(4-2-10)20-6-9(5-13(20)21)14(22)18-11-7-19(8-11)15(17)23/h1-4,9,11H,5-8H2,(H2,17,23)(H,18,22). The Bertz CT molecular complexity index is 643. The van der Waals surface area contributed by atoms with Gasteiger partial charge >= 0.3 is 6.03 Å². The summed E-state index contributed by atoms with van der Waals surface area (Å²) in [5.41, 5.74) is 5.87. The Hall–Kier alpha value is -2.28. The summed E-state index contributed by atoms with van der Waals surface area (Å²) in [6.45, 7) is 1.18. The zero-order chi connectivity index (χ0) is 16.6. The van der Waals surface area contributed by atoms with E-state index in [-0.39, 0.29) is 30.2 Å². The minimum absolute atomic E-state index is 0.0835. The first-order chi connectivity index (χ1) is 10.9. The number of nitrogens with two attached hydrogens (primary N) is 1. The van der Waals surface area contributed by atoms with Gasteiger partial charge in [-0.3, -0.25) is 9.59 Å². The highest BCUT2D eigenvalue weighted by Crippen LogP contribution is 2.26. The van der Waals surface area contributed by atoms with Crippen molar-refractivity contribution in [1.29, 1.82) is 0 Å². The maximum absolute atomic E-state index is 12.3. The smallest absolute Gasteiger partial charge is 0.314 e. The molecule has 0 radical (unpaired) electrons. The summed E-state index contributed by atoms with van der Waals surface area (Å²) in [5, 5.41) is 3.45. The number of urea groups is 1. The third-order valence-electron chi connectivity index (χ3n) is 4.17. The number of amides is 4. The van der Waals surface area contributed by atoms with Crippen LogP contribution < -0.4 is 16.0 Å². The first-order valence-electron chi connectivity index (χ1n) is 7.34. The number of likely N-dealkylation sites (tertiary alicyclic amines) is 1. The van der Waals surface area contributed by atoms with E-state index in [4.69, 9.17) is 17.3 Å². The van der Waals surface area contributed by atoms with E-state index in [9.17, 15) is 14.4 Å². The van der Waals surface area contributed by atoms with Crippen molar-refractivity contribution in [3.63, 3.8) is 0 Å². The van der Waals surface area contributed by atoms with Crippen LogP contribution in [0.5, 0.6) is 0 Å². The summed E-state index contributed by atoms with van der Waals surface area (Å²) in [6.07, 6.45) is 0.181. The number of nitrogens with zero attached hydrogens (tertiary/aromatic N) is 2. The molecular formula is C15H17ClN4O3.